The summed E-state index contributed by atoms with van der Waals surface area (Å²) in [5.41, 5.74) is 5.44. The highest BCUT2D eigenvalue weighted by Crippen LogP contribution is 2.35. The normalized spacial score (nSPS) is 20.5. The van der Waals surface area contributed by atoms with Crippen molar-refractivity contribution in [2.75, 3.05) is 19.6 Å². The van der Waals surface area contributed by atoms with E-state index in [9.17, 15) is 14.4 Å². The van der Waals surface area contributed by atoms with Crippen molar-refractivity contribution in [2.45, 2.75) is 83.6 Å². The van der Waals surface area contributed by atoms with Crippen molar-refractivity contribution in [2.24, 2.45) is 0 Å². The second kappa shape index (κ2) is 12.6. The third-order valence-electron chi connectivity index (χ3n) is 8.40. The van der Waals surface area contributed by atoms with E-state index in [-0.39, 0.29) is 30.2 Å². The number of benzene rings is 2. The van der Waals surface area contributed by atoms with E-state index in [1.807, 2.05) is 18.2 Å². The van der Waals surface area contributed by atoms with Crippen molar-refractivity contribution < 1.29 is 19.1 Å². The molecular weight excluding hydrogens is 514 g/mol. The van der Waals surface area contributed by atoms with Gasteiger partial charge in [0.1, 0.15) is 6.04 Å². The van der Waals surface area contributed by atoms with Crippen LogP contribution in [0.25, 0.3) is 0 Å². The maximum atomic E-state index is 13.0. The van der Waals surface area contributed by atoms with E-state index < -0.39 is 6.04 Å². The summed E-state index contributed by atoms with van der Waals surface area (Å²) < 4.78 is 6.02. The lowest BCUT2D eigenvalue weighted by atomic mass is 9.98. The minimum absolute atomic E-state index is 0.101. The topological polar surface area (TPSA) is 79.0 Å². The Labute approximate surface area is 235 Å². The second-order valence-electron chi connectivity index (χ2n) is 10.9. The van der Waals surface area contributed by atoms with E-state index in [1.54, 1.807) is 4.90 Å². The summed E-state index contributed by atoms with van der Waals surface area (Å²) in [5.74, 6) is -0.724. The van der Waals surface area contributed by atoms with Crippen LogP contribution in [-0.2, 0) is 33.9 Å². The van der Waals surface area contributed by atoms with Crippen LogP contribution >= 0.6 is 11.6 Å². The van der Waals surface area contributed by atoms with Crippen molar-refractivity contribution in [1.29, 1.82) is 0 Å². The SMILES string of the molecule is CCN(CCCCCCc1cccc2c1CN(C1CCC(=O)NC1=O)C2=O)CCC1OCc2ccc(Cl)cc21. The van der Waals surface area contributed by atoms with Gasteiger partial charge in [0, 0.05) is 30.1 Å². The van der Waals surface area contributed by atoms with E-state index in [2.05, 4.69) is 35.3 Å². The molecule has 39 heavy (non-hydrogen) atoms. The molecule has 2 unspecified atom stereocenters. The third-order valence-corrected chi connectivity index (χ3v) is 8.63. The number of amides is 3. The fraction of sp³-hybridized carbons (Fsp3) is 0.516. The van der Waals surface area contributed by atoms with Crippen LogP contribution in [0.3, 0.4) is 0 Å². The van der Waals surface area contributed by atoms with Gasteiger partial charge < -0.3 is 14.5 Å². The molecule has 1 saturated heterocycles. The Morgan fingerprint density at radius 2 is 1.92 bits per heavy atom. The number of ether oxygens (including phenoxy) is 1. The van der Waals surface area contributed by atoms with Gasteiger partial charge in [0.15, 0.2) is 0 Å². The molecule has 208 valence electrons. The van der Waals surface area contributed by atoms with Crippen LogP contribution in [0.2, 0.25) is 5.02 Å². The summed E-state index contributed by atoms with van der Waals surface area (Å²) in [6.07, 6.45) is 7.26. The van der Waals surface area contributed by atoms with Crippen LogP contribution in [0.5, 0.6) is 0 Å². The first-order valence-corrected chi connectivity index (χ1v) is 14.7. The number of hydrogen-bond donors (Lipinski definition) is 1. The molecule has 0 aromatic heterocycles. The molecule has 8 heteroatoms. The smallest absolute Gasteiger partial charge is 0.255 e. The maximum absolute atomic E-state index is 13.0. The average molecular weight is 552 g/mol. The van der Waals surface area contributed by atoms with Crippen molar-refractivity contribution in [3.8, 4) is 0 Å². The number of hydrogen-bond acceptors (Lipinski definition) is 5. The number of carbonyl (C=O) groups is 3. The monoisotopic (exact) mass is 551 g/mol. The lowest BCUT2D eigenvalue weighted by Gasteiger charge is -2.29. The molecule has 7 nitrogen and oxygen atoms in total. The van der Waals surface area contributed by atoms with Crippen molar-refractivity contribution >= 4 is 29.3 Å². The van der Waals surface area contributed by atoms with Crippen LogP contribution in [-0.4, -0.2) is 53.2 Å². The first kappa shape index (κ1) is 27.8. The molecule has 3 amide bonds. The molecule has 3 aliphatic heterocycles. The summed E-state index contributed by atoms with van der Waals surface area (Å²) in [4.78, 5) is 41.1. The van der Waals surface area contributed by atoms with Gasteiger partial charge in [-0.1, -0.05) is 49.6 Å². The predicted octanol–water partition coefficient (Wildman–Crippen LogP) is 5.19. The van der Waals surface area contributed by atoms with Gasteiger partial charge in [-0.05, 0) is 85.6 Å². The number of piperidine rings is 1. The molecule has 0 saturated carbocycles. The predicted molar refractivity (Wildman–Crippen MR) is 150 cm³/mol. The summed E-state index contributed by atoms with van der Waals surface area (Å²) in [7, 11) is 0. The van der Waals surface area contributed by atoms with Gasteiger partial charge in [0.25, 0.3) is 5.91 Å². The lowest BCUT2D eigenvalue weighted by molar-refractivity contribution is -0.136. The molecule has 2 atom stereocenters. The van der Waals surface area contributed by atoms with Crippen LogP contribution in [0.1, 0.15) is 90.6 Å². The Bertz CT molecular complexity index is 1230. The minimum atomic E-state index is -0.565. The van der Waals surface area contributed by atoms with Gasteiger partial charge in [-0.25, -0.2) is 0 Å². The van der Waals surface area contributed by atoms with Crippen molar-refractivity contribution in [3.63, 3.8) is 0 Å². The molecule has 3 heterocycles. The number of rotatable bonds is 12. The zero-order valence-electron chi connectivity index (χ0n) is 22.7. The molecule has 2 aromatic carbocycles. The molecule has 3 aliphatic rings. The first-order valence-electron chi connectivity index (χ1n) is 14.3. The summed E-state index contributed by atoms with van der Waals surface area (Å²) in [6, 6.07) is 11.4. The van der Waals surface area contributed by atoms with Crippen LogP contribution < -0.4 is 5.32 Å². The Morgan fingerprint density at radius 3 is 2.74 bits per heavy atom. The number of halogens is 1. The Balaban J connectivity index is 1.04. The molecule has 2 aromatic rings. The number of imide groups is 1. The van der Waals surface area contributed by atoms with Crippen molar-refractivity contribution in [3.05, 3.63) is 69.2 Å². The Hall–Kier alpha value is -2.74. The maximum Gasteiger partial charge on any atom is 0.255 e. The van der Waals surface area contributed by atoms with E-state index in [0.717, 1.165) is 62.3 Å². The lowest BCUT2D eigenvalue weighted by Crippen LogP contribution is -2.52. The van der Waals surface area contributed by atoms with Gasteiger partial charge in [-0.2, -0.15) is 0 Å². The summed E-state index contributed by atoms with van der Waals surface area (Å²) in [6.45, 7) is 6.47. The zero-order valence-corrected chi connectivity index (χ0v) is 23.5. The molecule has 1 N–H and O–H groups in total. The quantitative estimate of drug-likeness (QED) is 0.290. The largest absolute Gasteiger partial charge is 0.369 e. The Morgan fingerprint density at radius 1 is 1.08 bits per heavy atom. The number of unbranched alkanes of at least 4 members (excludes halogenated alkanes) is 3. The average Bonchev–Trinajstić information content (AvgIpc) is 3.48. The van der Waals surface area contributed by atoms with E-state index in [0.29, 0.717) is 25.1 Å². The zero-order chi connectivity index (χ0) is 27.4. The number of carbonyl (C=O) groups excluding carboxylic acids is 3. The minimum Gasteiger partial charge on any atom is -0.369 e. The van der Waals surface area contributed by atoms with Gasteiger partial charge in [-0.15, -0.1) is 0 Å². The molecule has 1 fully saturated rings. The fourth-order valence-electron chi connectivity index (χ4n) is 6.13. The Kier molecular flexibility index (Phi) is 9.00. The number of aryl methyl sites for hydroxylation is 1. The van der Waals surface area contributed by atoms with Crippen LogP contribution in [0.15, 0.2) is 36.4 Å². The molecule has 0 bridgehead atoms. The number of fused-ring (bicyclic) bond motifs is 2. The molecule has 0 spiro atoms. The van der Waals surface area contributed by atoms with Gasteiger partial charge in [0.2, 0.25) is 11.8 Å². The summed E-state index contributed by atoms with van der Waals surface area (Å²) in [5, 5.41) is 3.15. The molecule has 0 radical (unpaired) electrons. The summed E-state index contributed by atoms with van der Waals surface area (Å²) >= 11 is 6.20. The number of nitrogens with one attached hydrogen (secondary N) is 1. The number of nitrogens with zero attached hydrogens (tertiary/aromatic N) is 2. The van der Waals surface area contributed by atoms with E-state index in [1.165, 1.54) is 23.1 Å². The van der Waals surface area contributed by atoms with Gasteiger partial charge in [-0.3, -0.25) is 19.7 Å². The van der Waals surface area contributed by atoms with Crippen LogP contribution in [0.4, 0.5) is 0 Å². The van der Waals surface area contributed by atoms with Crippen molar-refractivity contribution in [1.82, 2.24) is 15.1 Å². The standard InChI is InChI=1S/C31H38ClN3O4/c1-2-34(17-15-28-25-18-23(32)12-11-22(25)20-39-28)16-6-4-3-5-8-21-9-7-10-24-26(21)19-35(31(24)38)27-13-14-29(36)33-30(27)37/h7,9-12,18,27-28H,2-6,8,13-17,19-20H2,1H3,(H,33,36,37). The molecule has 0 aliphatic carbocycles. The first-order chi connectivity index (χ1) is 18.9. The third kappa shape index (κ3) is 6.37. The van der Waals surface area contributed by atoms with Gasteiger partial charge in [0.05, 0.1) is 12.7 Å². The highest BCUT2D eigenvalue weighted by molar-refractivity contribution is 6.30. The van der Waals surface area contributed by atoms with Crippen LogP contribution in [0, 0.1) is 0 Å². The molecular formula is C31H38ClN3O4. The molecule has 5 rings (SSSR count). The van der Waals surface area contributed by atoms with Gasteiger partial charge >= 0.3 is 0 Å². The second-order valence-corrected chi connectivity index (χ2v) is 11.3. The van der Waals surface area contributed by atoms with E-state index in [4.69, 9.17) is 16.3 Å². The fourth-order valence-corrected chi connectivity index (χ4v) is 6.31. The van der Waals surface area contributed by atoms with E-state index >= 15 is 0 Å². The highest BCUT2D eigenvalue weighted by atomic mass is 35.5. The highest BCUT2D eigenvalue weighted by Gasteiger charge is 2.39.